The predicted molar refractivity (Wildman–Crippen MR) is 250 cm³/mol. The Balaban J connectivity index is 0.000000241. The molecule has 6 N–H and O–H groups in total. The summed E-state index contributed by atoms with van der Waals surface area (Å²) >= 11 is 12.0. The van der Waals surface area contributed by atoms with E-state index in [1.54, 1.807) is 34.1 Å². The van der Waals surface area contributed by atoms with E-state index in [2.05, 4.69) is 10.6 Å². The molecule has 12 nitrogen and oxygen atoms in total. The zero-order valence-corrected chi connectivity index (χ0v) is 41.0. The molecule has 4 fully saturated rings. The molecule has 2 aromatic rings. The van der Waals surface area contributed by atoms with Crippen molar-refractivity contribution in [3.63, 3.8) is 0 Å². The van der Waals surface area contributed by atoms with Crippen molar-refractivity contribution in [1.82, 2.24) is 20.4 Å². The van der Waals surface area contributed by atoms with Crippen molar-refractivity contribution in [3.8, 4) is 0 Å². The number of rotatable bonds is 10. The molecule has 2 saturated carbocycles. The molecule has 356 valence electrons. The van der Waals surface area contributed by atoms with E-state index in [0.717, 1.165) is 11.1 Å². The van der Waals surface area contributed by atoms with Crippen LogP contribution in [0.4, 0.5) is 0 Å². The third kappa shape index (κ3) is 11.1. The van der Waals surface area contributed by atoms with Crippen molar-refractivity contribution < 1.29 is 39.6 Å². The molecule has 2 aliphatic carbocycles. The Kier molecular flexibility index (Phi) is 16.4. The summed E-state index contributed by atoms with van der Waals surface area (Å²) in [7, 11) is 0. The van der Waals surface area contributed by atoms with Crippen LogP contribution in [-0.4, -0.2) is 104 Å². The van der Waals surface area contributed by atoms with Crippen LogP contribution in [0.2, 0.25) is 10.0 Å². The Bertz CT molecular complexity index is 1800. The first-order valence-electron chi connectivity index (χ1n) is 23.2. The van der Waals surface area contributed by atoms with Crippen molar-refractivity contribution in [2.45, 2.75) is 143 Å². The number of piperidine rings is 2. The van der Waals surface area contributed by atoms with Crippen LogP contribution in [0.25, 0.3) is 0 Å². The van der Waals surface area contributed by atoms with Gasteiger partial charge < -0.3 is 40.9 Å². The quantitative estimate of drug-likeness (QED) is 0.153. The minimum Gasteiger partial charge on any atom is -0.393 e. The molecule has 64 heavy (non-hydrogen) atoms. The number of likely N-dealkylation sites (tertiary alicyclic amines) is 2. The lowest BCUT2D eigenvalue weighted by Crippen LogP contribution is -2.60. The van der Waals surface area contributed by atoms with Gasteiger partial charge in [-0.25, -0.2) is 0 Å². The average molecular weight is 930 g/mol. The van der Waals surface area contributed by atoms with Gasteiger partial charge in [-0.1, -0.05) is 117 Å². The van der Waals surface area contributed by atoms with Crippen molar-refractivity contribution in [3.05, 3.63) is 69.7 Å². The molecule has 0 aromatic heterocycles. The van der Waals surface area contributed by atoms with E-state index < -0.39 is 46.3 Å². The van der Waals surface area contributed by atoms with Gasteiger partial charge in [-0.15, -0.1) is 0 Å². The van der Waals surface area contributed by atoms with Crippen LogP contribution < -0.4 is 10.6 Å². The Labute approximate surface area is 390 Å². The van der Waals surface area contributed by atoms with Gasteiger partial charge in [-0.2, -0.15) is 0 Å². The molecular formula is C50H74Cl2N4O8. The van der Waals surface area contributed by atoms with Crippen molar-refractivity contribution in [1.29, 1.82) is 0 Å². The standard InChI is InChI=1S/2C25H37ClN2O4/c2*1-15(2)21(27-22(30)17-12-16(3)20(29)13-17)23(31)28-11-10-25(32,24(4,5)14-28)18-6-8-19(26)9-7-18/h2*6-9,15-17,20-21,29,32H,10-14H2,1-5H3,(H,27,30)/t16-,17-,20-,21+,25-;16-,17-,20-,21-,25+/m01/s1. The molecule has 0 bridgehead atoms. The molecule has 10 atom stereocenters. The highest BCUT2D eigenvalue weighted by Gasteiger charge is 2.52. The molecule has 14 heteroatoms. The lowest BCUT2D eigenvalue weighted by atomic mass is 9.66. The Morgan fingerprint density at radius 3 is 1.16 bits per heavy atom. The molecule has 0 radical (unpaired) electrons. The molecular weight excluding hydrogens is 855 g/mol. The van der Waals surface area contributed by atoms with Gasteiger partial charge in [0.2, 0.25) is 23.6 Å². The second-order valence-electron chi connectivity index (χ2n) is 21.4. The number of halogens is 2. The van der Waals surface area contributed by atoms with E-state index in [1.165, 1.54) is 0 Å². The van der Waals surface area contributed by atoms with Crippen LogP contribution in [0.3, 0.4) is 0 Å². The number of carbonyl (C=O) groups excluding carboxylic acids is 4. The predicted octanol–water partition coefficient (Wildman–Crippen LogP) is 6.67. The number of nitrogens with zero attached hydrogens (tertiary/aromatic N) is 2. The Morgan fingerprint density at radius 2 is 0.906 bits per heavy atom. The van der Waals surface area contributed by atoms with Gasteiger partial charge >= 0.3 is 0 Å². The summed E-state index contributed by atoms with van der Waals surface area (Å²) < 4.78 is 0. The summed E-state index contributed by atoms with van der Waals surface area (Å²) in [6.45, 7) is 21.0. The number of benzene rings is 2. The SMILES string of the molecule is CC(C)[C@@H](NC(=O)[C@@H]1C[C@@H](C)[C@H](O)C1)C(=O)N1CC[C@](O)(c2ccc(Cl)cc2)C(C)(C)C1.CC(C)[C@@H](NC(=O)[C@H]1C[C@H](C)[C@@H](O)C1)C(=O)N1CC[C@](O)(c2ccc(Cl)cc2)C(C)(C)C1. The minimum absolute atomic E-state index is 0.0737. The summed E-state index contributed by atoms with van der Waals surface area (Å²) in [5.41, 5.74) is -1.76. The van der Waals surface area contributed by atoms with Gasteiger partial charge in [0, 0.05) is 58.9 Å². The number of hydrogen-bond acceptors (Lipinski definition) is 8. The summed E-state index contributed by atoms with van der Waals surface area (Å²) in [4.78, 5) is 56.1. The van der Waals surface area contributed by atoms with Gasteiger partial charge in [-0.05, 0) is 97.6 Å². The van der Waals surface area contributed by atoms with E-state index in [9.17, 15) is 39.6 Å². The maximum Gasteiger partial charge on any atom is 0.245 e. The zero-order chi connectivity index (χ0) is 47.7. The highest BCUT2D eigenvalue weighted by molar-refractivity contribution is 6.30. The zero-order valence-electron chi connectivity index (χ0n) is 39.5. The van der Waals surface area contributed by atoms with Gasteiger partial charge in [-0.3, -0.25) is 19.2 Å². The fourth-order valence-corrected chi connectivity index (χ4v) is 10.6. The second kappa shape index (κ2) is 20.3. The summed E-state index contributed by atoms with van der Waals surface area (Å²) in [5.74, 6) is -1.05. The maximum absolute atomic E-state index is 13.5. The van der Waals surface area contributed by atoms with Gasteiger partial charge in [0.25, 0.3) is 0 Å². The first-order chi connectivity index (χ1) is 29.7. The third-order valence-corrected chi connectivity index (χ3v) is 15.6. The molecule has 2 aromatic carbocycles. The molecule has 6 rings (SSSR count). The Morgan fingerprint density at radius 1 is 0.594 bits per heavy atom. The Hall–Kier alpha value is -3.26. The lowest BCUT2D eigenvalue weighted by molar-refractivity contribution is -0.157. The number of hydrogen-bond donors (Lipinski definition) is 6. The fourth-order valence-electron chi connectivity index (χ4n) is 10.4. The lowest BCUT2D eigenvalue weighted by Gasteiger charge is -2.51. The molecule has 2 aliphatic heterocycles. The smallest absolute Gasteiger partial charge is 0.245 e. The van der Waals surface area contributed by atoms with Gasteiger partial charge in [0.15, 0.2) is 0 Å². The van der Waals surface area contributed by atoms with E-state index in [0.29, 0.717) is 74.7 Å². The van der Waals surface area contributed by atoms with Crippen molar-refractivity contribution in [2.75, 3.05) is 26.2 Å². The van der Waals surface area contributed by atoms with E-state index in [-0.39, 0.29) is 59.1 Å². The second-order valence-corrected chi connectivity index (χ2v) is 22.3. The fraction of sp³-hybridized carbons (Fsp3) is 0.680. The maximum atomic E-state index is 13.5. The number of aliphatic hydroxyl groups excluding tert-OH is 2. The first-order valence-corrected chi connectivity index (χ1v) is 24.0. The molecule has 4 amide bonds. The van der Waals surface area contributed by atoms with Crippen LogP contribution in [0.5, 0.6) is 0 Å². The number of amides is 4. The van der Waals surface area contributed by atoms with Crippen molar-refractivity contribution in [2.24, 2.45) is 46.3 Å². The molecule has 2 heterocycles. The molecule has 4 aliphatic rings. The highest BCUT2D eigenvalue weighted by Crippen LogP contribution is 2.48. The van der Waals surface area contributed by atoms with Crippen LogP contribution in [0.15, 0.2) is 48.5 Å². The first kappa shape index (κ1) is 51.7. The normalized spacial score (nSPS) is 30.9. The number of carbonyl (C=O) groups is 4. The van der Waals surface area contributed by atoms with Gasteiger partial charge in [0.05, 0.1) is 23.4 Å². The van der Waals surface area contributed by atoms with Gasteiger partial charge in [0.1, 0.15) is 12.1 Å². The number of nitrogens with one attached hydrogen (secondary N) is 2. The average Bonchev–Trinajstić information content (AvgIpc) is 3.75. The van der Waals surface area contributed by atoms with Crippen molar-refractivity contribution >= 4 is 46.8 Å². The number of aliphatic hydroxyl groups is 4. The third-order valence-electron chi connectivity index (χ3n) is 15.0. The van der Waals surface area contributed by atoms with Crippen LogP contribution in [0.1, 0.15) is 119 Å². The van der Waals surface area contributed by atoms with Crippen LogP contribution in [0, 0.1) is 46.3 Å². The van der Waals surface area contributed by atoms with Crippen LogP contribution in [-0.2, 0) is 30.4 Å². The van der Waals surface area contributed by atoms with E-state index in [1.807, 2.05) is 93.5 Å². The summed E-state index contributed by atoms with van der Waals surface area (Å²) in [6, 6.07) is 13.2. The topological polar surface area (TPSA) is 180 Å². The molecule has 2 saturated heterocycles. The van der Waals surface area contributed by atoms with Crippen LogP contribution >= 0.6 is 23.2 Å². The summed E-state index contributed by atoms with van der Waals surface area (Å²) in [5, 5.41) is 50.3. The molecule has 0 unspecified atom stereocenters. The van der Waals surface area contributed by atoms with E-state index in [4.69, 9.17) is 23.2 Å². The minimum atomic E-state index is -1.08. The largest absolute Gasteiger partial charge is 0.393 e. The highest BCUT2D eigenvalue weighted by atomic mass is 35.5. The van der Waals surface area contributed by atoms with E-state index >= 15 is 0 Å². The monoisotopic (exact) mass is 928 g/mol. The summed E-state index contributed by atoms with van der Waals surface area (Å²) in [6.07, 6.45) is 2.03. The molecule has 0 spiro atoms.